The molecule has 2 N–H and O–H groups in total. The quantitative estimate of drug-likeness (QED) is 0.768. The molecule has 0 saturated heterocycles. The molecule has 7 heteroatoms. The molecule has 0 aromatic carbocycles. The van der Waals surface area contributed by atoms with Gasteiger partial charge in [-0.3, -0.25) is 0 Å². The molecular formula is C12H11ClN6. The van der Waals surface area contributed by atoms with E-state index >= 15 is 0 Å². The Morgan fingerprint density at radius 3 is 3.00 bits per heavy atom. The third-order valence-corrected chi connectivity index (χ3v) is 2.91. The highest BCUT2D eigenvalue weighted by Crippen LogP contribution is 2.20. The van der Waals surface area contributed by atoms with E-state index < -0.39 is 0 Å². The number of nitrogens with one attached hydrogen (secondary N) is 2. The molecule has 0 amide bonds. The van der Waals surface area contributed by atoms with Gasteiger partial charge in [-0.15, -0.1) is 0 Å². The van der Waals surface area contributed by atoms with E-state index in [2.05, 4.69) is 25.7 Å². The SMILES string of the molecule is CNc1nc(Nc2ccc3ccnn3c2)ncc1Cl. The number of fused-ring (bicyclic) bond motifs is 1. The van der Waals surface area contributed by atoms with E-state index in [0.717, 1.165) is 11.2 Å². The Bertz CT molecular complexity index is 723. The van der Waals surface area contributed by atoms with Gasteiger partial charge in [-0.2, -0.15) is 10.1 Å². The maximum absolute atomic E-state index is 5.93. The highest BCUT2D eigenvalue weighted by molar-refractivity contribution is 6.32. The van der Waals surface area contributed by atoms with Crippen LogP contribution in [0.15, 0.2) is 36.8 Å². The van der Waals surface area contributed by atoms with Gasteiger partial charge in [-0.25, -0.2) is 9.50 Å². The van der Waals surface area contributed by atoms with Crippen molar-refractivity contribution in [2.24, 2.45) is 0 Å². The summed E-state index contributed by atoms with van der Waals surface area (Å²) >= 11 is 5.93. The molecule has 3 rings (SSSR count). The van der Waals surface area contributed by atoms with Gasteiger partial charge in [0.2, 0.25) is 5.95 Å². The van der Waals surface area contributed by atoms with Crippen LogP contribution in [0.2, 0.25) is 5.02 Å². The highest BCUT2D eigenvalue weighted by atomic mass is 35.5. The van der Waals surface area contributed by atoms with E-state index in [9.17, 15) is 0 Å². The number of hydrogen-bond donors (Lipinski definition) is 2. The summed E-state index contributed by atoms with van der Waals surface area (Å²) in [6.45, 7) is 0. The van der Waals surface area contributed by atoms with Crippen LogP contribution in [0.5, 0.6) is 0 Å². The zero-order valence-corrected chi connectivity index (χ0v) is 10.9. The number of pyridine rings is 1. The first-order valence-electron chi connectivity index (χ1n) is 5.67. The van der Waals surface area contributed by atoms with Gasteiger partial charge in [0, 0.05) is 13.2 Å². The lowest BCUT2D eigenvalue weighted by atomic mass is 10.3. The molecule has 0 atom stereocenters. The molecule has 0 radical (unpaired) electrons. The van der Waals surface area contributed by atoms with E-state index in [0.29, 0.717) is 16.8 Å². The molecule has 0 spiro atoms. The topological polar surface area (TPSA) is 67.1 Å². The minimum Gasteiger partial charge on any atom is -0.372 e. The summed E-state index contributed by atoms with van der Waals surface area (Å²) in [4.78, 5) is 8.38. The van der Waals surface area contributed by atoms with Crippen molar-refractivity contribution < 1.29 is 0 Å². The van der Waals surface area contributed by atoms with Crippen LogP contribution in [-0.2, 0) is 0 Å². The molecule has 0 unspecified atom stereocenters. The summed E-state index contributed by atoms with van der Waals surface area (Å²) in [6.07, 6.45) is 5.17. The fraction of sp³-hybridized carbons (Fsp3) is 0.0833. The average Bonchev–Trinajstić information content (AvgIpc) is 2.88. The van der Waals surface area contributed by atoms with Crippen molar-refractivity contribution >= 4 is 34.6 Å². The Labute approximate surface area is 114 Å². The lowest BCUT2D eigenvalue weighted by Gasteiger charge is -2.07. The number of hydrogen-bond acceptors (Lipinski definition) is 5. The number of nitrogens with zero attached hydrogens (tertiary/aromatic N) is 4. The Morgan fingerprint density at radius 2 is 2.16 bits per heavy atom. The van der Waals surface area contributed by atoms with Crippen molar-refractivity contribution in [2.75, 3.05) is 17.7 Å². The van der Waals surface area contributed by atoms with Crippen LogP contribution >= 0.6 is 11.6 Å². The minimum absolute atomic E-state index is 0.472. The summed E-state index contributed by atoms with van der Waals surface area (Å²) in [5, 5.41) is 10.7. The van der Waals surface area contributed by atoms with Crippen molar-refractivity contribution in [1.82, 2.24) is 19.6 Å². The molecule has 96 valence electrons. The number of anilines is 3. The molecule has 0 saturated carbocycles. The molecule has 0 aliphatic rings. The fourth-order valence-electron chi connectivity index (χ4n) is 1.72. The first kappa shape index (κ1) is 11.7. The van der Waals surface area contributed by atoms with Gasteiger partial charge in [0.25, 0.3) is 0 Å². The van der Waals surface area contributed by atoms with E-state index in [-0.39, 0.29) is 0 Å². The molecular weight excluding hydrogens is 264 g/mol. The summed E-state index contributed by atoms with van der Waals surface area (Å²) < 4.78 is 1.78. The molecule has 3 aromatic rings. The molecule has 6 nitrogen and oxygen atoms in total. The van der Waals surface area contributed by atoms with Crippen LogP contribution in [0.25, 0.3) is 5.52 Å². The standard InChI is InChI=1S/C12H11ClN6/c1-14-11-10(13)6-15-12(18-11)17-8-2-3-9-4-5-16-19(9)7-8/h2-7H,1H3,(H2,14,15,17,18). The molecule has 0 bridgehead atoms. The number of aromatic nitrogens is 4. The van der Waals surface area contributed by atoms with Crippen LogP contribution in [-0.4, -0.2) is 26.6 Å². The lowest BCUT2D eigenvalue weighted by molar-refractivity contribution is 0.961. The van der Waals surface area contributed by atoms with E-state index in [1.807, 2.05) is 24.4 Å². The number of halogens is 1. The van der Waals surface area contributed by atoms with E-state index in [4.69, 9.17) is 11.6 Å². The monoisotopic (exact) mass is 274 g/mol. The van der Waals surface area contributed by atoms with Crippen molar-refractivity contribution in [1.29, 1.82) is 0 Å². The maximum Gasteiger partial charge on any atom is 0.229 e. The second-order valence-corrected chi connectivity index (χ2v) is 4.29. The fourth-order valence-corrected chi connectivity index (χ4v) is 1.91. The minimum atomic E-state index is 0.472. The molecule has 0 aliphatic heterocycles. The Balaban J connectivity index is 1.91. The van der Waals surface area contributed by atoms with Crippen molar-refractivity contribution in [3.63, 3.8) is 0 Å². The van der Waals surface area contributed by atoms with Gasteiger partial charge in [0.1, 0.15) is 10.8 Å². The van der Waals surface area contributed by atoms with Crippen molar-refractivity contribution in [2.45, 2.75) is 0 Å². The summed E-state index contributed by atoms with van der Waals surface area (Å²) in [5.41, 5.74) is 1.87. The van der Waals surface area contributed by atoms with Crippen LogP contribution < -0.4 is 10.6 Å². The zero-order chi connectivity index (χ0) is 13.2. The third kappa shape index (κ3) is 2.30. The Morgan fingerprint density at radius 1 is 1.26 bits per heavy atom. The van der Waals surface area contributed by atoms with Crippen molar-refractivity contribution in [3.05, 3.63) is 41.8 Å². The molecule has 3 heterocycles. The first-order chi connectivity index (χ1) is 9.26. The third-order valence-electron chi connectivity index (χ3n) is 2.63. The van der Waals surface area contributed by atoms with Gasteiger partial charge in [0.15, 0.2) is 0 Å². The van der Waals surface area contributed by atoms with Gasteiger partial charge in [-0.05, 0) is 18.2 Å². The van der Waals surface area contributed by atoms with Gasteiger partial charge in [0.05, 0.1) is 23.6 Å². The van der Waals surface area contributed by atoms with Crippen LogP contribution in [0, 0.1) is 0 Å². The molecule has 19 heavy (non-hydrogen) atoms. The average molecular weight is 275 g/mol. The largest absolute Gasteiger partial charge is 0.372 e. The second kappa shape index (κ2) is 4.74. The summed E-state index contributed by atoms with van der Waals surface area (Å²) in [5.74, 6) is 1.06. The zero-order valence-electron chi connectivity index (χ0n) is 10.1. The molecule has 3 aromatic heterocycles. The van der Waals surface area contributed by atoms with Gasteiger partial charge in [-0.1, -0.05) is 11.6 Å². The van der Waals surface area contributed by atoms with Crippen LogP contribution in [0.3, 0.4) is 0 Å². The van der Waals surface area contributed by atoms with Crippen LogP contribution in [0.1, 0.15) is 0 Å². The summed E-state index contributed by atoms with van der Waals surface area (Å²) in [7, 11) is 1.76. The predicted octanol–water partition coefficient (Wildman–Crippen LogP) is 2.56. The first-order valence-corrected chi connectivity index (χ1v) is 6.05. The maximum atomic E-state index is 5.93. The van der Waals surface area contributed by atoms with Gasteiger partial charge < -0.3 is 10.6 Å². The highest BCUT2D eigenvalue weighted by Gasteiger charge is 2.04. The van der Waals surface area contributed by atoms with E-state index in [1.54, 1.807) is 24.0 Å². The van der Waals surface area contributed by atoms with Crippen molar-refractivity contribution in [3.8, 4) is 0 Å². The lowest BCUT2D eigenvalue weighted by Crippen LogP contribution is -2.01. The van der Waals surface area contributed by atoms with Crippen LogP contribution in [0.4, 0.5) is 17.5 Å². The predicted molar refractivity (Wildman–Crippen MR) is 75.1 cm³/mol. The number of rotatable bonds is 3. The smallest absolute Gasteiger partial charge is 0.229 e. The molecule has 0 fully saturated rings. The normalized spacial score (nSPS) is 10.6. The molecule has 0 aliphatic carbocycles. The van der Waals surface area contributed by atoms with E-state index in [1.165, 1.54) is 0 Å². The van der Waals surface area contributed by atoms with Gasteiger partial charge >= 0.3 is 0 Å². The summed E-state index contributed by atoms with van der Waals surface area (Å²) in [6, 6.07) is 5.83. The Hall–Kier alpha value is -2.34. The Kier molecular flexibility index (Phi) is 2.92. The second-order valence-electron chi connectivity index (χ2n) is 3.88.